The molecule has 2 atom stereocenters. The lowest BCUT2D eigenvalue weighted by molar-refractivity contribution is 0.0889. The number of hydrogen-bond donors (Lipinski definition) is 1. The summed E-state index contributed by atoms with van der Waals surface area (Å²) in [7, 11) is 3.93. The average molecular weight is 228 g/mol. The van der Waals surface area contributed by atoms with Crippen molar-refractivity contribution < 1.29 is 5.11 Å². The van der Waals surface area contributed by atoms with Crippen molar-refractivity contribution in [2.45, 2.75) is 70.4 Å². The largest absolute Gasteiger partial charge is 0.391 e. The zero-order chi connectivity index (χ0) is 12.4. The first kappa shape index (κ1) is 15.9. The molecule has 0 fully saturated rings. The van der Waals surface area contributed by atoms with E-state index in [1.54, 1.807) is 0 Å². The maximum Gasteiger partial charge on any atom is 0.0695 e. The van der Waals surface area contributed by atoms with E-state index >= 15 is 0 Å². The van der Waals surface area contributed by atoms with E-state index in [0.29, 0.717) is 0 Å². The Morgan fingerprint density at radius 3 is 2.00 bits per heavy atom. The molecular formula is C14H30NO. The van der Waals surface area contributed by atoms with Crippen LogP contribution >= 0.6 is 0 Å². The molecule has 1 N–H and O–H groups in total. The van der Waals surface area contributed by atoms with Crippen LogP contribution in [0.2, 0.25) is 0 Å². The van der Waals surface area contributed by atoms with Crippen molar-refractivity contribution in [2.75, 3.05) is 14.1 Å². The van der Waals surface area contributed by atoms with Gasteiger partial charge in [0, 0.05) is 6.04 Å². The van der Waals surface area contributed by atoms with Crippen LogP contribution in [0, 0.1) is 6.92 Å². The van der Waals surface area contributed by atoms with Gasteiger partial charge in [-0.2, -0.15) is 0 Å². The van der Waals surface area contributed by atoms with Crippen LogP contribution in [0.4, 0.5) is 0 Å². The highest BCUT2D eigenvalue weighted by atomic mass is 16.3. The molecule has 0 aromatic carbocycles. The minimum atomic E-state index is -0.273. The minimum Gasteiger partial charge on any atom is -0.391 e. The van der Waals surface area contributed by atoms with Gasteiger partial charge in [0.2, 0.25) is 0 Å². The van der Waals surface area contributed by atoms with E-state index in [0.717, 1.165) is 12.8 Å². The Balaban J connectivity index is 3.31. The molecule has 0 aliphatic heterocycles. The van der Waals surface area contributed by atoms with Crippen LogP contribution in [0.1, 0.15) is 58.3 Å². The Morgan fingerprint density at radius 2 is 1.50 bits per heavy atom. The van der Waals surface area contributed by atoms with E-state index in [9.17, 15) is 5.11 Å². The predicted octanol–water partition coefficient (Wildman–Crippen LogP) is 3.25. The fourth-order valence-electron chi connectivity index (χ4n) is 1.85. The normalized spacial score (nSPS) is 15.4. The van der Waals surface area contributed by atoms with Crippen molar-refractivity contribution in [2.24, 2.45) is 0 Å². The SMILES string of the molecule is [CH2]C(C(O)CCCCCCCCC)N(C)C. The maximum absolute atomic E-state index is 9.82. The first-order chi connectivity index (χ1) is 7.59. The lowest BCUT2D eigenvalue weighted by atomic mass is 10.0. The number of unbranched alkanes of at least 4 members (excludes halogenated alkanes) is 6. The third kappa shape index (κ3) is 8.12. The predicted molar refractivity (Wildman–Crippen MR) is 71.4 cm³/mol. The number of aliphatic hydroxyl groups excluding tert-OH is 1. The quantitative estimate of drug-likeness (QED) is 0.580. The van der Waals surface area contributed by atoms with Gasteiger partial charge in [0.1, 0.15) is 0 Å². The molecule has 0 saturated carbocycles. The van der Waals surface area contributed by atoms with Crippen molar-refractivity contribution in [1.82, 2.24) is 4.90 Å². The fraction of sp³-hybridized carbons (Fsp3) is 0.929. The standard InChI is InChI=1S/C14H30NO/c1-5-6-7-8-9-10-11-12-14(16)13(2)15(3)4/h13-14,16H,2,5-12H2,1,3-4H3. The van der Waals surface area contributed by atoms with Gasteiger partial charge in [0.25, 0.3) is 0 Å². The number of rotatable bonds is 10. The number of aliphatic hydroxyl groups is 1. The maximum atomic E-state index is 9.82. The van der Waals surface area contributed by atoms with Crippen molar-refractivity contribution in [1.29, 1.82) is 0 Å². The van der Waals surface area contributed by atoms with Crippen molar-refractivity contribution in [3.8, 4) is 0 Å². The smallest absolute Gasteiger partial charge is 0.0695 e. The van der Waals surface area contributed by atoms with Gasteiger partial charge in [-0.15, -0.1) is 0 Å². The summed E-state index contributed by atoms with van der Waals surface area (Å²) in [5.41, 5.74) is 0. The first-order valence-electron chi connectivity index (χ1n) is 6.77. The molecular weight excluding hydrogens is 198 g/mol. The van der Waals surface area contributed by atoms with Gasteiger partial charge in [-0.05, 0) is 27.4 Å². The molecule has 2 heteroatoms. The van der Waals surface area contributed by atoms with Gasteiger partial charge in [0.05, 0.1) is 6.10 Å². The van der Waals surface area contributed by atoms with E-state index in [-0.39, 0.29) is 12.1 Å². The molecule has 0 saturated heterocycles. The zero-order valence-electron chi connectivity index (χ0n) is 11.4. The van der Waals surface area contributed by atoms with Crippen molar-refractivity contribution in [3.05, 3.63) is 6.92 Å². The van der Waals surface area contributed by atoms with Crippen molar-refractivity contribution in [3.63, 3.8) is 0 Å². The van der Waals surface area contributed by atoms with Gasteiger partial charge >= 0.3 is 0 Å². The molecule has 0 aliphatic rings. The summed E-state index contributed by atoms with van der Waals surface area (Å²) in [6.45, 7) is 6.19. The van der Waals surface area contributed by atoms with Crippen LogP contribution in [0.25, 0.3) is 0 Å². The minimum absolute atomic E-state index is 0.0279. The Hall–Kier alpha value is -0.0800. The van der Waals surface area contributed by atoms with Crippen LogP contribution in [-0.4, -0.2) is 36.2 Å². The summed E-state index contributed by atoms with van der Waals surface area (Å²) < 4.78 is 0. The molecule has 0 aromatic rings. The highest BCUT2D eigenvalue weighted by Crippen LogP contribution is 2.12. The molecule has 0 aromatic heterocycles. The molecule has 0 bridgehead atoms. The Kier molecular flexibility index (Phi) is 10.0. The van der Waals surface area contributed by atoms with Crippen LogP contribution in [0.5, 0.6) is 0 Å². The van der Waals surface area contributed by atoms with E-state index in [1.165, 1.54) is 38.5 Å². The van der Waals surface area contributed by atoms with Crippen LogP contribution in [0.3, 0.4) is 0 Å². The molecule has 0 heterocycles. The van der Waals surface area contributed by atoms with E-state index < -0.39 is 0 Å². The molecule has 0 amide bonds. The van der Waals surface area contributed by atoms with Gasteiger partial charge in [-0.3, -0.25) is 0 Å². The third-order valence-electron chi connectivity index (χ3n) is 3.21. The number of hydrogen-bond acceptors (Lipinski definition) is 2. The van der Waals surface area contributed by atoms with E-state index in [1.807, 2.05) is 19.0 Å². The van der Waals surface area contributed by atoms with Gasteiger partial charge in [0.15, 0.2) is 0 Å². The topological polar surface area (TPSA) is 23.5 Å². The van der Waals surface area contributed by atoms with Crippen LogP contribution in [-0.2, 0) is 0 Å². The number of nitrogens with zero attached hydrogens (tertiary/aromatic N) is 1. The summed E-state index contributed by atoms with van der Waals surface area (Å²) in [5.74, 6) is 0. The van der Waals surface area contributed by atoms with Crippen LogP contribution in [0.15, 0.2) is 0 Å². The molecule has 2 unspecified atom stereocenters. The summed E-state index contributed by atoms with van der Waals surface area (Å²) in [5, 5.41) is 9.82. The second-order valence-electron chi connectivity index (χ2n) is 5.01. The second-order valence-corrected chi connectivity index (χ2v) is 5.01. The monoisotopic (exact) mass is 228 g/mol. The molecule has 1 radical (unpaired) electrons. The van der Waals surface area contributed by atoms with Gasteiger partial charge < -0.3 is 10.0 Å². The Morgan fingerprint density at radius 1 is 1.00 bits per heavy atom. The summed E-state index contributed by atoms with van der Waals surface area (Å²) in [6, 6.07) is 0.0279. The zero-order valence-corrected chi connectivity index (χ0v) is 11.4. The Labute approximate surface area is 102 Å². The summed E-state index contributed by atoms with van der Waals surface area (Å²) in [4.78, 5) is 1.98. The molecule has 2 nitrogen and oxygen atoms in total. The molecule has 0 spiro atoms. The number of likely N-dealkylation sites (N-methyl/N-ethyl adjacent to an activating group) is 1. The summed E-state index contributed by atoms with van der Waals surface area (Å²) >= 11 is 0. The van der Waals surface area contributed by atoms with Crippen LogP contribution < -0.4 is 0 Å². The lowest BCUT2D eigenvalue weighted by Crippen LogP contribution is -2.36. The van der Waals surface area contributed by atoms with Gasteiger partial charge in [-0.1, -0.05) is 51.9 Å². The van der Waals surface area contributed by atoms with Crippen molar-refractivity contribution >= 4 is 0 Å². The lowest BCUT2D eigenvalue weighted by Gasteiger charge is -2.25. The van der Waals surface area contributed by atoms with Gasteiger partial charge in [-0.25, -0.2) is 0 Å². The average Bonchev–Trinajstić information content (AvgIpc) is 2.26. The highest BCUT2D eigenvalue weighted by Gasteiger charge is 2.15. The van der Waals surface area contributed by atoms with E-state index in [2.05, 4.69) is 13.8 Å². The summed E-state index contributed by atoms with van der Waals surface area (Å²) in [6.07, 6.45) is 9.71. The second kappa shape index (κ2) is 10.1. The first-order valence-corrected chi connectivity index (χ1v) is 6.77. The molecule has 0 rings (SSSR count). The molecule has 16 heavy (non-hydrogen) atoms. The highest BCUT2D eigenvalue weighted by molar-refractivity contribution is 4.77. The Bertz CT molecular complexity index is 148. The third-order valence-corrected chi connectivity index (χ3v) is 3.21. The fourth-order valence-corrected chi connectivity index (χ4v) is 1.85. The van der Waals surface area contributed by atoms with E-state index in [4.69, 9.17) is 0 Å². The molecule has 97 valence electrons. The molecule has 0 aliphatic carbocycles.